The van der Waals surface area contributed by atoms with Crippen LogP contribution in [0.2, 0.25) is 5.02 Å². The van der Waals surface area contributed by atoms with Gasteiger partial charge >= 0.3 is 5.97 Å². The van der Waals surface area contributed by atoms with Crippen LogP contribution in [0.3, 0.4) is 0 Å². The molecule has 0 saturated heterocycles. The molecule has 2 heterocycles. The van der Waals surface area contributed by atoms with Crippen LogP contribution in [-0.2, 0) is 21.2 Å². The van der Waals surface area contributed by atoms with Crippen molar-refractivity contribution in [2.45, 2.75) is 17.7 Å². The number of H-pyrrole nitrogens is 2. The minimum absolute atomic E-state index is 0.0190. The van der Waals surface area contributed by atoms with E-state index in [9.17, 15) is 18.0 Å². The van der Waals surface area contributed by atoms with E-state index in [-0.39, 0.29) is 23.3 Å². The number of carbonyl (C=O) groups is 1. The van der Waals surface area contributed by atoms with Crippen LogP contribution in [0.25, 0.3) is 21.8 Å². The predicted octanol–water partition coefficient (Wildman–Crippen LogP) is 3.48. The van der Waals surface area contributed by atoms with Crippen molar-refractivity contribution in [2.75, 3.05) is 4.72 Å². The molecule has 0 spiro atoms. The lowest BCUT2D eigenvalue weighted by molar-refractivity contribution is -0.136. The van der Waals surface area contributed by atoms with Gasteiger partial charge in [-0.1, -0.05) is 17.7 Å². The summed E-state index contributed by atoms with van der Waals surface area (Å²) >= 11 is 5.90. The standard InChI is InChI=1S/C20H16ClN3O5S/c21-12-2-1-3-14(8-12)30(28,29)24-13-5-6-16-15(9-13)18-11(4-7-17(25)26)10-22-19(18)20(27)23-16/h1-3,5-6,8-10,22,24H,4,7H2,(H,23,27)(H,25,26). The topological polar surface area (TPSA) is 132 Å². The van der Waals surface area contributed by atoms with Gasteiger partial charge in [0.25, 0.3) is 15.6 Å². The smallest absolute Gasteiger partial charge is 0.303 e. The van der Waals surface area contributed by atoms with E-state index in [1.807, 2.05) is 0 Å². The number of aryl methyl sites for hydroxylation is 1. The van der Waals surface area contributed by atoms with Crippen LogP contribution in [-0.4, -0.2) is 29.5 Å². The number of sulfonamides is 1. The van der Waals surface area contributed by atoms with Crippen LogP contribution in [0, 0.1) is 0 Å². The fraction of sp³-hybridized carbons (Fsp3) is 0.100. The number of rotatable bonds is 6. The number of hydrogen-bond donors (Lipinski definition) is 4. The number of carboxylic acids is 1. The molecule has 4 aromatic rings. The Morgan fingerprint density at radius 2 is 1.97 bits per heavy atom. The van der Waals surface area contributed by atoms with Gasteiger partial charge in [-0.3, -0.25) is 14.3 Å². The number of benzene rings is 2. The molecule has 4 rings (SSSR count). The first-order valence-corrected chi connectivity index (χ1v) is 10.8. The molecular formula is C20H16ClN3O5S. The third kappa shape index (κ3) is 3.77. The summed E-state index contributed by atoms with van der Waals surface area (Å²) < 4.78 is 27.9. The molecule has 0 bridgehead atoms. The third-order valence-corrected chi connectivity index (χ3v) is 6.31. The highest BCUT2D eigenvalue weighted by molar-refractivity contribution is 7.92. The van der Waals surface area contributed by atoms with Crippen LogP contribution in [0.15, 0.2) is 58.4 Å². The molecule has 0 aliphatic heterocycles. The second-order valence-electron chi connectivity index (χ2n) is 6.74. The fourth-order valence-corrected chi connectivity index (χ4v) is 4.70. The maximum atomic E-state index is 12.7. The minimum Gasteiger partial charge on any atom is -0.481 e. The molecule has 154 valence electrons. The highest BCUT2D eigenvalue weighted by atomic mass is 35.5. The van der Waals surface area contributed by atoms with Gasteiger partial charge in [0.1, 0.15) is 5.52 Å². The number of anilines is 1. The van der Waals surface area contributed by atoms with Gasteiger partial charge in [-0.2, -0.15) is 0 Å². The van der Waals surface area contributed by atoms with E-state index in [4.69, 9.17) is 16.7 Å². The van der Waals surface area contributed by atoms with E-state index < -0.39 is 16.0 Å². The maximum Gasteiger partial charge on any atom is 0.303 e. The highest BCUT2D eigenvalue weighted by Gasteiger charge is 2.17. The third-order valence-electron chi connectivity index (χ3n) is 4.69. The van der Waals surface area contributed by atoms with Gasteiger partial charge < -0.3 is 15.1 Å². The number of aromatic nitrogens is 2. The second-order valence-corrected chi connectivity index (χ2v) is 8.85. The van der Waals surface area contributed by atoms with Gasteiger partial charge in [0.2, 0.25) is 0 Å². The molecule has 0 saturated carbocycles. The Kier molecular flexibility index (Phi) is 5.00. The van der Waals surface area contributed by atoms with Crippen LogP contribution >= 0.6 is 11.6 Å². The van der Waals surface area contributed by atoms with Crippen molar-refractivity contribution in [3.8, 4) is 0 Å². The average molecular weight is 446 g/mol. The van der Waals surface area contributed by atoms with E-state index in [0.717, 1.165) is 0 Å². The lowest BCUT2D eigenvalue weighted by Gasteiger charge is -2.10. The van der Waals surface area contributed by atoms with Crippen LogP contribution in [0.5, 0.6) is 0 Å². The largest absolute Gasteiger partial charge is 0.481 e. The summed E-state index contributed by atoms with van der Waals surface area (Å²) in [5, 5.41) is 10.4. The molecule has 8 nitrogen and oxygen atoms in total. The van der Waals surface area contributed by atoms with E-state index in [2.05, 4.69) is 14.7 Å². The van der Waals surface area contributed by atoms with Crippen molar-refractivity contribution >= 4 is 55.1 Å². The number of hydrogen-bond acceptors (Lipinski definition) is 4. The monoisotopic (exact) mass is 445 g/mol. The lowest BCUT2D eigenvalue weighted by Crippen LogP contribution is -2.13. The Labute approximate surface area is 175 Å². The number of carboxylic acid groups (broad SMARTS) is 1. The second kappa shape index (κ2) is 7.51. The first kappa shape index (κ1) is 20.0. The summed E-state index contributed by atoms with van der Waals surface area (Å²) in [7, 11) is -3.88. The summed E-state index contributed by atoms with van der Waals surface area (Å²) in [4.78, 5) is 29.0. The fourth-order valence-electron chi connectivity index (χ4n) is 3.35. The first-order chi connectivity index (χ1) is 14.2. The number of aromatic amines is 2. The Morgan fingerprint density at radius 3 is 2.70 bits per heavy atom. The van der Waals surface area contributed by atoms with Crippen molar-refractivity contribution in [1.82, 2.24) is 9.97 Å². The Balaban J connectivity index is 1.82. The molecule has 10 heteroatoms. The molecule has 0 fully saturated rings. The molecule has 0 unspecified atom stereocenters. The molecule has 2 aromatic heterocycles. The minimum atomic E-state index is -3.88. The summed E-state index contributed by atoms with van der Waals surface area (Å²) in [5.41, 5.74) is 1.43. The zero-order valence-corrected chi connectivity index (χ0v) is 17.0. The van der Waals surface area contributed by atoms with Crippen molar-refractivity contribution in [3.63, 3.8) is 0 Å². The molecule has 0 aliphatic carbocycles. The van der Waals surface area contributed by atoms with E-state index in [1.165, 1.54) is 18.2 Å². The van der Waals surface area contributed by atoms with Gasteiger partial charge in [0, 0.05) is 39.6 Å². The highest BCUT2D eigenvalue weighted by Crippen LogP contribution is 2.29. The molecular weight excluding hydrogens is 430 g/mol. The first-order valence-electron chi connectivity index (χ1n) is 8.91. The molecule has 30 heavy (non-hydrogen) atoms. The molecule has 4 N–H and O–H groups in total. The molecule has 2 aromatic carbocycles. The van der Waals surface area contributed by atoms with Crippen molar-refractivity contribution < 1.29 is 18.3 Å². The van der Waals surface area contributed by atoms with Crippen molar-refractivity contribution in [2.24, 2.45) is 0 Å². The van der Waals surface area contributed by atoms with Gasteiger partial charge in [0.15, 0.2) is 0 Å². The predicted molar refractivity (Wildman–Crippen MR) is 115 cm³/mol. The number of halogens is 1. The Morgan fingerprint density at radius 1 is 1.17 bits per heavy atom. The Hall–Kier alpha value is -3.30. The normalized spacial score (nSPS) is 11.8. The quantitative estimate of drug-likeness (QED) is 0.360. The summed E-state index contributed by atoms with van der Waals surface area (Å²) in [6.07, 6.45) is 1.74. The van der Waals surface area contributed by atoms with Crippen molar-refractivity contribution in [1.29, 1.82) is 0 Å². The number of pyridine rings is 1. The van der Waals surface area contributed by atoms with E-state index >= 15 is 0 Å². The van der Waals surface area contributed by atoms with Crippen LogP contribution in [0.4, 0.5) is 5.69 Å². The number of fused-ring (bicyclic) bond motifs is 3. The van der Waals surface area contributed by atoms with Crippen LogP contribution < -0.4 is 10.3 Å². The van der Waals surface area contributed by atoms with E-state index in [1.54, 1.807) is 30.5 Å². The lowest BCUT2D eigenvalue weighted by atomic mass is 10.0. The van der Waals surface area contributed by atoms with Crippen molar-refractivity contribution in [3.05, 3.63) is 69.6 Å². The van der Waals surface area contributed by atoms with Gasteiger partial charge in [-0.15, -0.1) is 0 Å². The Bertz CT molecular complexity index is 1460. The number of nitrogens with one attached hydrogen (secondary N) is 3. The SMILES string of the molecule is O=C(O)CCc1c[nH]c2c(=O)[nH]c3ccc(NS(=O)(=O)c4cccc(Cl)c4)cc3c12. The molecule has 0 amide bonds. The van der Waals surface area contributed by atoms with Gasteiger partial charge in [-0.05, 0) is 48.4 Å². The maximum absolute atomic E-state index is 12.7. The van der Waals surface area contributed by atoms with Gasteiger partial charge in [-0.25, -0.2) is 8.42 Å². The molecule has 0 radical (unpaired) electrons. The zero-order valence-electron chi connectivity index (χ0n) is 15.4. The molecule has 0 atom stereocenters. The summed E-state index contributed by atoms with van der Waals surface area (Å²) in [6.45, 7) is 0. The van der Waals surface area contributed by atoms with Crippen LogP contribution in [0.1, 0.15) is 12.0 Å². The number of aliphatic carboxylic acids is 1. The van der Waals surface area contributed by atoms with Gasteiger partial charge in [0.05, 0.1) is 4.90 Å². The summed E-state index contributed by atoms with van der Waals surface area (Å²) in [6, 6.07) is 10.6. The van der Waals surface area contributed by atoms with E-state index in [0.29, 0.717) is 38.1 Å². The summed E-state index contributed by atoms with van der Waals surface area (Å²) in [5.74, 6) is -0.950. The average Bonchev–Trinajstić information content (AvgIpc) is 3.12. The molecule has 0 aliphatic rings. The zero-order chi connectivity index (χ0) is 21.5.